The van der Waals surface area contributed by atoms with E-state index in [9.17, 15) is 9.59 Å². The van der Waals surface area contributed by atoms with Crippen molar-refractivity contribution in [3.63, 3.8) is 0 Å². The number of amides is 2. The first kappa shape index (κ1) is 24.6. The number of benzene rings is 1. The van der Waals surface area contributed by atoms with Crippen molar-refractivity contribution < 1.29 is 9.59 Å². The molecule has 2 amide bonds. The Morgan fingerprint density at radius 3 is 2.33 bits per heavy atom. The van der Waals surface area contributed by atoms with Gasteiger partial charge in [0.1, 0.15) is 0 Å². The van der Waals surface area contributed by atoms with Crippen LogP contribution in [0.3, 0.4) is 0 Å². The van der Waals surface area contributed by atoms with Crippen LogP contribution in [-0.4, -0.2) is 89.7 Å². The van der Waals surface area contributed by atoms with Crippen molar-refractivity contribution in [1.29, 1.82) is 0 Å². The number of piperazine rings is 1. The molecule has 1 aromatic carbocycles. The lowest BCUT2D eigenvalue weighted by Gasteiger charge is -2.44. The highest BCUT2D eigenvalue weighted by Crippen LogP contribution is 2.31. The number of piperidine rings is 1. The summed E-state index contributed by atoms with van der Waals surface area (Å²) in [6.07, 6.45) is 3.58. The molecule has 4 heterocycles. The molecule has 0 spiro atoms. The van der Waals surface area contributed by atoms with E-state index < -0.39 is 5.54 Å². The molecule has 0 bridgehead atoms. The number of likely N-dealkylation sites (tertiary alicyclic amines) is 1. The average Bonchev–Trinajstić information content (AvgIpc) is 2.89. The summed E-state index contributed by atoms with van der Waals surface area (Å²) >= 11 is 0. The van der Waals surface area contributed by atoms with Crippen LogP contribution in [0.5, 0.6) is 0 Å². The summed E-state index contributed by atoms with van der Waals surface area (Å²) in [5, 5.41) is 14.4. The Bertz CT molecular complexity index is 1040. The highest BCUT2D eigenvalue weighted by atomic mass is 16.2. The molecule has 9 nitrogen and oxygen atoms in total. The number of carbonyl (C=O) groups excluding carboxylic acids is 2. The summed E-state index contributed by atoms with van der Waals surface area (Å²) in [5.74, 6) is 1.50. The Morgan fingerprint density at radius 1 is 1.00 bits per heavy atom. The van der Waals surface area contributed by atoms with E-state index in [0.717, 1.165) is 63.6 Å². The minimum absolute atomic E-state index is 0.0426. The Kier molecular flexibility index (Phi) is 7.20. The summed E-state index contributed by atoms with van der Waals surface area (Å²) in [6.45, 7) is 10.7. The lowest BCUT2D eigenvalue weighted by atomic mass is 9.88. The smallest absolute Gasteiger partial charge is 0.242 e. The van der Waals surface area contributed by atoms with Crippen LogP contribution in [0, 0.1) is 5.92 Å². The van der Waals surface area contributed by atoms with Crippen molar-refractivity contribution in [3.8, 4) is 0 Å². The SMILES string of the molecule is CC(C)(C(=O)N1CCC(c2ccc(NC(=O)C3CN(c4cccnn4)C3)cc2)CC1)N1CCNCC1. The standard InChI is InChI=1S/C27H37N7O2/c1-27(2,34-16-12-28-13-17-34)26(36)32-14-9-21(10-15-32)20-5-7-23(8-6-20)30-25(35)22-18-33(19-22)24-4-3-11-29-31-24/h3-8,11,21-22,28H,9-10,12-19H2,1-2H3,(H,30,35). The van der Waals surface area contributed by atoms with Gasteiger partial charge in [-0.2, -0.15) is 5.10 Å². The molecule has 0 atom stereocenters. The zero-order valence-corrected chi connectivity index (χ0v) is 21.3. The van der Waals surface area contributed by atoms with Crippen LogP contribution in [-0.2, 0) is 9.59 Å². The van der Waals surface area contributed by atoms with Gasteiger partial charge in [-0.15, -0.1) is 5.10 Å². The number of carbonyl (C=O) groups is 2. The van der Waals surface area contributed by atoms with Gasteiger partial charge in [-0.1, -0.05) is 12.1 Å². The van der Waals surface area contributed by atoms with Gasteiger partial charge in [0, 0.05) is 64.2 Å². The second-order valence-electron chi connectivity index (χ2n) is 10.7. The van der Waals surface area contributed by atoms with Crippen LogP contribution in [0.25, 0.3) is 0 Å². The van der Waals surface area contributed by atoms with E-state index in [2.05, 4.69) is 61.5 Å². The third-order valence-electron chi connectivity index (χ3n) is 8.00. The van der Waals surface area contributed by atoms with Crippen molar-refractivity contribution >= 4 is 23.3 Å². The molecule has 3 fully saturated rings. The van der Waals surface area contributed by atoms with E-state index in [0.29, 0.717) is 19.0 Å². The van der Waals surface area contributed by atoms with Crippen LogP contribution >= 0.6 is 0 Å². The van der Waals surface area contributed by atoms with Gasteiger partial charge in [0.15, 0.2) is 5.82 Å². The number of anilines is 2. The molecule has 192 valence electrons. The van der Waals surface area contributed by atoms with Gasteiger partial charge >= 0.3 is 0 Å². The molecule has 3 aliphatic rings. The number of hydrogen-bond acceptors (Lipinski definition) is 7. The van der Waals surface area contributed by atoms with E-state index in [4.69, 9.17) is 0 Å². The molecule has 0 radical (unpaired) electrons. The molecule has 3 saturated heterocycles. The van der Waals surface area contributed by atoms with Crippen molar-refractivity contribution in [2.45, 2.75) is 38.1 Å². The van der Waals surface area contributed by atoms with E-state index in [1.807, 2.05) is 24.3 Å². The number of nitrogens with one attached hydrogen (secondary N) is 2. The van der Waals surface area contributed by atoms with Crippen molar-refractivity contribution in [1.82, 2.24) is 25.3 Å². The molecule has 1 aromatic heterocycles. The molecule has 0 saturated carbocycles. The second kappa shape index (κ2) is 10.5. The first-order valence-corrected chi connectivity index (χ1v) is 13.1. The molecule has 5 rings (SSSR count). The minimum Gasteiger partial charge on any atom is -0.353 e. The fourth-order valence-electron chi connectivity index (χ4n) is 5.54. The topological polar surface area (TPSA) is 93.7 Å². The minimum atomic E-state index is -0.458. The highest BCUT2D eigenvalue weighted by Gasteiger charge is 2.39. The van der Waals surface area contributed by atoms with Gasteiger partial charge in [-0.25, -0.2) is 0 Å². The summed E-state index contributed by atoms with van der Waals surface area (Å²) in [6, 6.07) is 12.0. The van der Waals surface area contributed by atoms with Gasteiger partial charge in [0.2, 0.25) is 11.8 Å². The maximum absolute atomic E-state index is 13.3. The van der Waals surface area contributed by atoms with Gasteiger partial charge in [0.25, 0.3) is 0 Å². The van der Waals surface area contributed by atoms with E-state index in [1.165, 1.54) is 5.56 Å². The Balaban J connectivity index is 1.09. The Morgan fingerprint density at radius 2 is 1.69 bits per heavy atom. The van der Waals surface area contributed by atoms with Crippen LogP contribution in [0.2, 0.25) is 0 Å². The summed E-state index contributed by atoms with van der Waals surface area (Å²) in [5.41, 5.74) is 1.65. The predicted molar refractivity (Wildman–Crippen MR) is 140 cm³/mol. The Labute approximate surface area is 213 Å². The van der Waals surface area contributed by atoms with E-state index in [-0.39, 0.29) is 17.7 Å². The fourth-order valence-corrected chi connectivity index (χ4v) is 5.54. The van der Waals surface area contributed by atoms with Crippen molar-refractivity contribution in [3.05, 3.63) is 48.2 Å². The van der Waals surface area contributed by atoms with Gasteiger partial charge in [-0.3, -0.25) is 14.5 Å². The molecule has 9 heteroatoms. The lowest BCUT2D eigenvalue weighted by molar-refractivity contribution is -0.144. The molecule has 36 heavy (non-hydrogen) atoms. The number of rotatable bonds is 6. The summed E-state index contributed by atoms with van der Waals surface area (Å²) in [4.78, 5) is 32.4. The molecule has 0 aliphatic carbocycles. The zero-order chi connectivity index (χ0) is 25.1. The van der Waals surface area contributed by atoms with Crippen molar-refractivity contribution in [2.75, 3.05) is 62.6 Å². The van der Waals surface area contributed by atoms with E-state index in [1.54, 1.807) is 6.20 Å². The molecule has 3 aliphatic heterocycles. The summed E-state index contributed by atoms with van der Waals surface area (Å²) < 4.78 is 0. The Hall–Kier alpha value is -3.04. The predicted octanol–water partition coefficient (Wildman–Crippen LogP) is 1.94. The van der Waals surface area contributed by atoms with Crippen LogP contribution in [0.1, 0.15) is 38.2 Å². The third-order valence-corrected chi connectivity index (χ3v) is 8.00. The third kappa shape index (κ3) is 5.22. The maximum Gasteiger partial charge on any atom is 0.242 e. The van der Waals surface area contributed by atoms with Gasteiger partial charge in [0.05, 0.1) is 11.5 Å². The second-order valence-corrected chi connectivity index (χ2v) is 10.7. The number of nitrogens with zero attached hydrogens (tertiary/aromatic N) is 5. The highest BCUT2D eigenvalue weighted by molar-refractivity contribution is 5.94. The summed E-state index contributed by atoms with van der Waals surface area (Å²) in [7, 11) is 0. The largest absolute Gasteiger partial charge is 0.353 e. The van der Waals surface area contributed by atoms with Crippen LogP contribution in [0.4, 0.5) is 11.5 Å². The van der Waals surface area contributed by atoms with Gasteiger partial charge in [-0.05, 0) is 62.4 Å². The van der Waals surface area contributed by atoms with E-state index >= 15 is 0 Å². The normalized spacial score (nSPS) is 20.2. The molecule has 2 aromatic rings. The molecule has 2 N–H and O–H groups in total. The maximum atomic E-state index is 13.3. The molecular weight excluding hydrogens is 454 g/mol. The zero-order valence-electron chi connectivity index (χ0n) is 21.3. The lowest BCUT2D eigenvalue weighted by Crippen LogP contribution is -2.61. The fraction of sp³-hybridized carbons (Fsp3) is 0.556. The molecular formula is C27H37N7O2. The molecule has 0 unspecified atom stereocenters. The van der Waals surface area contributed by atoms with Crippen LogP contribution < -0.4 is 15.5 Å². The first-order chi connectivity index (χ1) is 17.4. The average molecular weight is 492 g/mol. The first-order valence-electron chi connectivity index (χ1n) is 13.1. The quantitative estimate of drug-likeness (QED) is 0.638. The monoisotopic (exact) mass is 491 g/mol. The van der Waals surface area contributed by atoms with Gasteiger partial charge < -0.3 is 20.4 Å². The van der Waals surface area contributed by atoms with Crippen LogP contribution in [0.15, 0.2) is 42.6 Å². The number of aromatic nitrogens is 2. The number of hydrogen-bond donors (Lipinski definition) is 2. The van der Waals surface area contributed by atoms with Crippen molar-refractivity contribution in [2.24, 2.45) is 5.92 Å².